The van der Waals surface area contributed by atoms with Crippen LogP contribution in [0.25, 0.3) is 11.3 Å². The molecule has 2 aromatic rings. The van der Waals surface area contributed by atoms with Gasteiger partial charge in [-0.1, -0.05) is 0 Å². The molecule has 0 fully saturated rings. The van der Waals surface area contributed by atoms with Crippen LogP contribution in [-0.2, 0) is 6.54 Å². The SMILES string of the molecule is NCc1nc2nccnc2[nH]1. The van der Waals surface area contributed by atoms with E-state index in [1.807, 2.05) is 0 Å². The summed E-state index contributed by atoms with van der Waals surface area (Å²) in [5, 5.41) is 0. The molecule has 0 aliphatic rings. The van der Waals surface area contributed by atoms with Gasteiger partial charge in [-0.15, -0.1) is 0 Å². The normalized spacial score (nSPS) is 10.6. The van der Waals surface area contributed by atoms with Crippen LogP contribution < -0.4 is 5.73 Å². The average Bonchev–Trinajstić information content (AvgIpc) is 2.46. The second-order valence-electron chi connectivity index (χ2n) is 2.12. The maximum Gasteiger partial charge on any atom is 0.197 e. The summed E-state index contributed by atoms with van der Waals surface area (Å²) in [4.78, 5) is 15.0. The van der Waals surface area contributed by atoms with E-state index in [0.717, 1.165) is 0 Å². The van der Waals surface area contributed by atoms with Crippen molar-refractivity contribution in [3.63, 3.8) is 0 Å². The third-order valence-corrected chi connectivity index (χ3v) is 1.38. The number of aromatic nitrogens is 4. The fraction of sp³-hybridized carbons (Fsp3) is 0.167. The monoisotopic (exact) mass is 149 g/mol. The number of rotatable bonds is 1. The highest BCUT2D eigenvalue weighted by Crippen LogP contribution is 2.02. The lowest BCUT2D eigenvalue weighted by Gasteiger charge is -1.81. The van der Waals surface area contributed by atoms with E-state index in [9.17, 15) is 0 Å². The number of nitrogens with one attached hydrogen (secondary N) is 1. The van der Waals surface area contributed by atoms with Gasteiger partial charge < -0.3 is 10.7 Å². The number of hydrogen-bond donors (Lipinski definition) is 2. The third-order valence-electron chi connectivity index (χ3n) is 1.38. The van der Waals surface area contributed by atoms with E-state index in [0.29, 0.717) is 23.7 Å². The van der Waals surface area contributed by atoms with Crippen molar-refractivity contribution in [2.75, 3.05) is 0 Å². The predicted molar refractivity (Wildman–Crippen MR) is 39.6 cm³/mol. The van der Waals surface area contributed by atoms with E-state index in [1.54, 1.807) is 12.4 Å². The van der Waals surface area contributed by atoms with E-state index in [4.69, 9.17) is 5.73 Å². The molecule has 2 rings (SSSR count). The van der Waals surface area contributed by atoms with Crippen molar-refractivity contribution in [1.29, 1.82) is 0 Å². The standard InChI is InChI=1S/C6H7N5/c7-3-4-10-5-6(11-4)9-2-1-8-5/h1-2H,3,7H2,(H,8,9,10,11). The van der Waals surface area contributed by atoms with Crippen LogP contribution in [0.5, 0.6) is 0 Å². The summed E-state index contributed by atoms with van der Waals surface area (Å²) in [5.41, 5.74) is 6.67. The fourth-order valence-electron chi connectivity index (χ4n) is 0.890. The lowest BCUT2D eigenvalue weighted by Crippen LogP contribution is -1.97. The topological polar surface area (TPSA) is 80.5 Å². The first-order chi connectivity index (χ1) is 5.40. The smallest absolute Gasteiger partial charge is 0.197 e. The van der Waals surface area contributed by atoms with Crippen molar-refractivity contribution < 1.29 is 0 Å². The molecule has 11 heavy (non-hydrogen) atoms. The first-order valence-electron chi connectivity index (χ1n) is 3.26. The molecule has 0 atom stereocenters. The van der Waals surface area contributed by atoms with Gasteiger partial charge in [0, 0.05) is 12.4 Å². The van der Waals surface area contributed by atoms with E-state index < -0.39 is 0 Å². The molecule has 0 spiro atoms. The van der Waals surface area contributed by atoms with Crippen LogP contribution in [0.1, 0.15) is 5.82 Å². The summed E-state index contributed by atoms with van der Waals surface area (Å²) < 4.78 is 0. The molecule has 2 aromatic heterocycles. The van der Waals surface area contributed by atoms with Crippen molar-refractivity contribution >= 4 is 11.3 Å². The lowest BCUT2D eigenvalue weighted by atomic mass is 10.6. The van der Waals surface area contributed by atoms with Crippen molar-refractivity contribution in [2.45, 2.75) is 6.54 Å². The molecule has 0 saturated heterocycles. The molecule has 0 aromatic carbocycles. The summed E-state index contributed by atoms with van der Waals surface area (Å²) in [6.07, 6.45) is 3.21. The molecule has 56 valence electrons. The molecule has 0 saturated carbocycles. The van der Waals surface area contributed by atoms with E-state index >= 15 is 0 Å². The van der Waals surface area contributed by atoms with Gasteiger partial charge in [-0.3, -0.25) is 0 Å². The molecule has 0 bridgehead atoms. The minimum atomic E-state index is 0.387. The Morgan fingerprint density at radius 1 is 1.36 bits per heavy atom. The molecular formula is C6H7N5. The second-order valence-corrected chi connectivity index (χ2v) is 2.12. The van der Waals surface area contributed by atoms with Gasteiger partial charge in [-0.2, -0.15) is 0 Å². The van der Waals surface area contributed by atoms with Gasteiger partial charge >= 0.3 is 0 Å². The molecular weight excluding hydrogens is 142 g/mol. The van der Waals surface area contributed by atoms with E-state index in [-0.39, 0.29) is 0 Å². The van der Waals surface area contributed by atoms with Crippen molar-refractivity contribution in [3.05, 3.63) is 18.2 Å². The first kappa shape index (κ1) is 6.23. The Morgan fingerprint density at radius 2 is 2.18 bits per heavy atom. The number of nitrogens with two attached hydrogens (primary N) is 1. The van der Waals surface area contributed by atoms with E-state index in [1.165, 1.54) is 0 Å². The van der Waals surface area contributed by atoms with Crippen LogP contribution in [0.15, 0.2) is 12.4 Å². The second kappa shape index (κ2) is 2.28. The molecule has 0 unspecified atom stereocenters. The maximum absolute atomic E-state index is 5.36. The highest BCUT2D eigenvalue weighted by atomic mass is 15.0. The van der Waals surface area contributed by atoms with E-state index in [2.05, 4.69) is 19.9 Å². The average molecular weight is 149 g/mol. The molecule has 0 radical (unpaired) electrons. The number of H-pyrrole nitrogens is 1. The Bertz CT molecular complexity index is 333. The molecule has 2 heterocycles. The highest BCUT2D eigenvalue weighted by Gasteiger charge is 2.00. The zero-order valence-corrected chi connectivity index (χ0v) is 5.78. The van der Waals surface area contributed by atoms with Gasteiger partial charge in [0.05, 0.1) is 6.54 Å². The van der Waals surface area contributed by atoms with Crippen LogP contribution in [0.2, 0.25) is 0 Å². The van der Waals surface area contributed by atoms with Gasteiger partial charge in [-0.05, 0) is 0 Å². The zero-order chi connectivity index (χ0) is 7.68. The first-order valence-corrected chi connectivity index (χ1v) is 3.26. The minimum Gasteiger partial charge on any atom is -0.324 e. The summed E-state index contributed by atoms with van der Waals surface area (Å²) in [7, 11) is 0. The molecule has 5 nitrogen and oxygen atoms in total. The largest absolute Gasteiger partial charge is 0.324 e. The summed E-state index contributed by atoms with van der Waals surface area (Å²) in [6.45, 7) is 0.387. The fourth-order valence-corrected chi connectivity index (χ4v) is 0.890. The number of imidazole rings is 1. The summed E-state index contributed by atoms with van der Waals surface area (Å²) >= 11 is 0. The predicted octanol–water partition coefficient (Wildman–Crippen LogP) is -0.188. The van der Waals surface area contributed by atoms with Crippen molar-refractivity contribution in [2.24, 2.45) is 5.73 Å². The van der Waals surface area contributed by atoms with Gasteiger partial charge in [-0.25, -0.2) is 15.0 Å². The lowest BCUT2D eigenvalue weighted by molar-refractivity contribution is 0.955. The molecule has 0 amide bonds. The van der Waals surface area contributed by atoms with Crippen LogP contribution in [0.4, 0.5) is 0 Å². The molecule has 0 aliphatic heterocycles. The number of hydrogen-bond acceptors (Lipinski definition) is 4. The third kappa shape index (κ3) is 0.947. The Kier molecular flexibility index (Phi) is 1.29. The van der Waals surface area contributed by atoms with Gasteiger partial charge in [0.25, 0.3) is 0 Å². The quantitative estimate of drug-likeness (QED) is 0.589. The van der Waals surface area contributed by atoms with Crippen LogP contribution in [-0.4, -0.2) is 19.9 Å². The van der Waals surface area contributed by atoms with Crippen LogP contribution in [0, 0.1) is 0 Å². The Labute approximate surface area is 62.7 Å². The zero-order valence-electron chi connectivity index (χ0n) is 5.78. The summed E-state index contributed by atoms with van der Waals surface area (Å²) in [5.74, 6) is 0.714. The Morgan fingerprint density at radius 3 is 2.91 bits per heavy atom. The summed E-state index contributed by atoms with van der Waals surface area (Å²) in [6, 6.07) is 0. The number of nitrogens with zero attached hydrogens (tertiary/aromatic N) is 3. The van der Waals surface area contributed by atoms with Crippen LogP contribution in [0.3, 0.4) is 0 Å². The Hall–Kier alpha value is -1.49. The van der Waals surface area contributed by atoms with Gasteiger partial charge in [0.15, 0.2) is 11.3 Å². The Balaban J connectivity index is 2.69. The molecule has 5 heteroatoms. The molecule has 0 aliphatic carbocycles. The number of fused-ring (bicyclic) bond motifs is 1. The maximum atomic E-state index is 5.36. The van der Waals surface area contributed by atoms with Crippen LogP contribution >= 0.6 is 0 Å². The van der Waals surface area contributed by atoms with Crippen molar-refractivity contribution in [3.8, 4) is 0 Å². The highest BCUT2D eigenvalue weighted by molar-refractivity contribution is 5.64. The van der Waals surface area contributed by atoms with Crippen molar-refractivity contribution in [1.82, 2.24) is 19.9 Å². The number of aromatic amines is 1. The molecule has 3 N–H and O–H groups in total. The van der Waals surface area contributed by atoms with Gasteiger partial charge in [0.2, 0.25) is 0 Å². The van der Waals surface area contributed by atoms with Gasteiger partial charge in [0.1, 0.15) is 5.82 Å². The minimum absolute atomic E-state index is 0.387.